The van der Waals surface area contributed by atoms with Crippen molar-refractivity contribution in [2.75, 3.05) is 19.5 Å². The summed E-state index contributed by atoms with van der Waals surface area (Å²) in [5.74, 6) is 0. The van der Waals surface area contributed by atoms with E-state index in [2.05, 4.69) is 0 Å². The molecule has 0 atom stereocenters. The van der Waals surface area contributed by atoms with E-state index in [1.54, 1.807) is 12.1 Å². The molecule has 0 spiro atoms. The molecule has 0 bridgehead atoms. The summed E-state index contributed by atoms with van der Waals surface area (Å²) in [4.78, 5) is 0.242. The molecule has 5 heteroatoms. The van der Waals surface area contributed by atoms with Crippen LogP contribution >= 0.6 is 0 Å². The molecule has 0 aliphatic heterocycles. The van der Waals surface area contributed by atoms with Gasteiger partial charge in [0.1, 0.15) is 0 Å². The molecule has 22 heavy (non-hydrogen) atoms. The molecule has 0 saturated heterocycles. The molecule has 0 aromatic heterocycles. The number of aliphatic hydroxyl groups excluding tert-OH is 1. The van der Waals surface area contributed by atoms with E-state index in [0.29, 0.717) is 11.1 Å². The summed E-state index contributed by atoms with van der Waals surface area (Å²) in [6.45, 7) is -0.172. The number of hydrogen-bond acceptors (Lipinski definition) is 3. The van der Waals surface area contributed by atoms with Gasteiger partial charge in [-0.15, -0.1) is 0 Å². The van der Waals surface area contributed by atoms with Crippen LogP contribution in [0.3, 0.4) is 0 Å². The summed E-state index contributed by atoms with van der Waals surface area (Å²) in [5, 5.41) is 17.5. The van der Waals surface area contributed by atoms with E-state index in [4.69, 9.17) is 5.11 Å². The van der Waals surface area contributed by atoms with E-state index in [-0.39, 0.29) is 18.1 Å². The molecule has 2 aromatic carbocycles. The van der Waals surface area contributed by atoms with Crippen molar-refractivity contribution >= 4 is 21.0 Å². The van der Waals surface area contributed by atoms with Gasteiger partial charge in [-0.3, -0.25) is 0 Å². The molecular weight excluding hydrogens is 300 g/mol. The third kappa shape index (κ3) is 3.62. The van der Waals surface area contributed by atoms with E-state index < -0.39 is 9.84 Å². The van der Waals surface area contributed by atoms with Crippen LogP contribution in [0.1, 0.15) is 11.1 Å². The molecule has 0 heterocycles. The van der Waals surface area contributed by atoms with Crippen molar-refractivity contribution in [1.82, 2.24) is 0 Å². The van der Waals surface area contributed by atoms with Gasteiger partial charge in [-0.25, -0.2) is 8.42 Å². The van der Waals surface area contributed by atoms with Crippen molar-refractivity contribution in [2.24, 2.45) is 0 Å². The van der Waals surface area contributed by atoms with Gasteiger partial charge >= 0.3 is 0 Å². The zero-order valence-corrected chi connectivity index (χ0v) is 13.1. The standard InChI is InChI=1S/C17H18O4S/c1-22(20,21)15-9-7-14(8-10-15)17(12-19)16(11-18)13-5-3-2-4-6-13/h2-10,18-19H,11-12H2,1H3/p+1/b17-16-. The van der Waals surface area contributed by atoms with Gasteiger partial charge in [0.2, 0.25) is 0 Å². The molecule has 2 rings (SSSR count). The fraction of sp³-hybridized carbons (Fsp3) is 0.176. The van der Waals surface area contributed by atoms with Crippen molar-refractivity contribution in [3.05, 3.63) is 65.7 Å². The highest BCUT2D eigenvalue weighted by Crippen LogP contribution is 2.26. The molecule has 0 saturated carbocycles. The molecule has 0 fully saturated rings. The van der Waals surface area contributed by atoms with E-state index in [1.165, 1.54) is 12.1 Å². The van der Waals surface area contributed by atoms with Gasteiger partial charge in [0.15, 0.2) is 16.4 Å². The van der Waals surface area contributed by atoms with Crippen LogP contribution in [-0.2, 0) is 9.84 Å². The number of sulfone groups is 1. The van der Waals surface area contributed by atoms with Gasteiger partial charge in [-0.1, -0.05) is 42.5 Å². The fourth-order valence-corrected chi connectivity index (χ4v) is 2.92. The monoisotopic (exact) mass is 319 g/mol. The summed E-state index contributed by atoms with van der Waals surface area (Å²) in [6.07, 6.45) is 1.16. The zero-order valence-electron chi connectivity index (χ0n) is 12.3. The third-order valence-electron chi connectivity index (χ3n) is 3.45. The van der Waals surface area contributed by atoms with Crippen molar-refractivity contribution in [3.8, 4) is 0 Å². The second-order valence-electron chi connectivity index (χ2n) is 4.95. The quantitative estimate of drug-likeness (QED) is 0.673. The molecule has 0 amide bonds. The molecule has 0 aliphatic rings. The first-order valence-electron chi connectivity index (χ1n) is 6.80. The Morgan fingerprint density at radius 1 is 0.955 bits per heavy atom. The Morgan fingerprint density at radius 3 is 1.95 bits per heavy atom. The van der Waals surface area contributed by atoms with Crippen LogP contribution in [-0.4, -0.2) is 38.1 Å². The first-order valence-corrected chi connectivity index (χ1v) is 8.70. The Kier molecular flexibility index (Phi) is 5.13. The molecule has 116 valence electrons. The minimum Gasteiger partial charge on any atom is -0.442 e. The van der Waals surface area contributed by atoms with Gasteiger partial charge in [0, 0.05) is 11.8 Å². The maximum atomic E-state index is 11.5. The lowest BCUT2D eigenvalue weighted by molar-refractivity contribution is 0.340. The van der Waals surface area contributed by atoms with E-state index in [9.17, 15) is 13.5 Å². The fourth-order valence-electron chi connectivity index (χ4n) is 2.29. The maximum Gasteiger partial charge on any atom is 0.175 e. The predicted molar refractivity (Wildman–Crippen MR) is 88.4 cm³/mol. The Hall–Kier alpha value is -1.95. The zero-order chi connectivity index (χ0) is 16.2. The summed E-state index contributed by atoms with van der Waals surface area (Å²) < 4.78 is 23.0. The smallest absolute Gasteiger partial charge is 0.175 e. The molecule has 2 aromatic rings. The highest BCUT2D eigenvalue weighted by molar-refractivity contribution is 7.90. The van der Waals surface area contributed by atoms with Crippen LogP contribution in [0.25, 0.3) is 11.1 Å². The van der Waals surface area contributed by atoms with Crippen molar-refractivity contribution in [1.29, 1.82) is 0 Å². The molecule has 0 unspecified atom stereocenters. The second-order valence-corrected chi connectivity index (χ2v) is 6.97. The predicted octanol–water partition coefficient (Wildman–Crippen LogP) is 1.72. The number of benzene rings is 2. The van der Waals surface area contributed by atoms with Gasteiger partial charge in [-0.2, -0.15) is 0 Å². The highest BCUT2D eigenvalue weighted by Gasteiger charge is 2.14. The molecule has 4 nitrogen and oxygen atoms in total. The Balaban J connectivity index is 2.53. The van der Waals surface area contributed by atoms with Crippen LogP contribution in [0.15, 0.2) is 59.5 Å². The molecule has 0 aliphatic carbocycles. The summed E-state index contributed by atoms with van der Waals surface area (Å²) in [7, 11) is -3.24. The largest absolute Gasteiger partial charge is 0.442 e. The van der Waals surface area contributed by atoms with Crippen molar-refractivity contribution < 1.29 is 18.6 Å². The molecular formula is C17H19O4S+. The first kappa shape index (κ1) is 16.4. The molecule has 0 radical (unpaired) electrons. The van der Waals surface area contributed by atoms with E-state index >= 15 is 0 Å². The Labute approximate surface area is 130 Å². The third-order valence-corrected chi connectivity index (χ3v) is 4.58. The first-order chi connectivity index (χ1) is 10.5. The summed E-state index contributed by atoms with van der Waals surface area (Å²) >= 11 is 0. The second kappa shape index (κ2) is 6.87. The van der Waals surface area contributed by atoms with Crippen LogP contribution in [0.5, 0.6) is 0 Å². The van der Waals surface area contributed by atoms with Crippen LogP contribution in [0, 0.1) is 0 Å². The molecule has 3 N–H and O–H groups in total. The van der Waals surface area contributed by atoms with Crippen LogP contribution in [0.4, 0.5) is 0 Å². The van der Waals surface area contributed by atoms with Crippen molar-refractivity contribution in [3.63, 3.8) is 0 Å². The lowest BCUT2D eigenvalue weighted by atomic mass is 9.95. The normalized spacial score (nSPS) is 12.9. The van der Waals surface area contributed by atoms with Gasteiger partial charge < -0.3 is 10.2 Å². The van der Waals surface area contributed by atoms with Crippen LogP contribution in [0.2, 0.25) is 0 Å². The van der Waals surface area contributed by atoms with Gasteiger partial charge in [0.05, 0.1) is 11.5 Å². The number of hydrogen-bond donors (Lipinski definition) is 1. The Morgan fingerprint density at radius 2 is 1.50 bits per heavy atom. The lowest BCUT2D eigenvalue weighted by Crippen LogP contribution is -2.02. The topological polar surface area (TPSA) is 77.3 Å². The highest BCUT2D eigenvalue weighted by atomic mass is 32.2. The van der Waals surface area contributed by atoms with E-state index in [1.807, 2.05) is 30.3 Å². The number of aliphatic hydroxyl groups is 1. The maximum absolute atomic E-state index is 11.5. The van der Waals surface area contributed by atoms with E-state index in [0.717, 1.165) is 17.4 Å². The number of rotatable bonds is 5. The van der Waals surface area contributed by atoms with Gasteiger partial charge in [-0.05, 0) is 28.8 Å². The minimum absolute atomic E-state index is 0.00299. The van der Waals surface area contributed by atoms with Gasteiger partial charge in [0.25, 0.3) is 0 Å². The summed E-state index contributed by atoms with van der Waals surface area (Å²) in [5.41, 5.74) is 2.98. The average Bonchev–Trinajstić information content (AvgIpc) is 2.52. The van der Waals surface area contributed by atoms with Crippen LogP contribution < -0.4 is 0 Å². The van der Waals surface area contributed by atoms with Crippen molar-refractivity contribution in [2.45, 2.75) is 4.90 Å². The average molecular weight is 319 g/mol. The Bertz CT molecular complexity index is 760. The SMILES string of the molecule is CS(=O)(=O)c1ccc(/C(C[OH2+])=C(/CO)c2ccccc2)cc1. The lowest BCUT2D eigenvalue weighted by Gasteiger charge is -2.11. The minimum atomic E-state index is -3.24. The summed E-state index contributed by atoms with van der Waals surface area (Å²) in [6, 6.07) is 15.8.